The van der Waals surface area contributed by atoms with Crippen molar-refractivity contribution in [3.8, 4) is 22.9 Å². The van der Waals surface area contributed by atoms with Crippen LogP contribution in [0.5, 0.6) is 11.5 Å². The molecule has 132 valence electrons. The zero-order valence-electron chi connectivity index (χ0n) is 15.0. The number of hydrogen-bond donors (Lipinski definition) is 1. The van der Waals surface area contributed by atoms with Gasteiger partial charge in [0.1, 0.15) is 5.82 Å². The Morgan fingerprint density at radius 3 is 2.42 bits per heavy atom. The molecule has 0 unspecified atom stereocenters. The molecule has 0 radical (unpaired) electrons. The minimum Gasteiger partial charge on any atom is -0.490 e. The lowest BCUT2D eigenvalue weighted by Crippen LogP contribution is -2.01. The number of benzene rings is 1. The normalized spacial score (nSPS) is 10.8. The van der Waals surface area contributed by atoms with E-state index < -0.39 is 0 Å². The van der Waals surface area contributed by atoms with Crippen molar-refractivity contribution >= 4 is 0 Å². The van der Waals surface area contributed by atoms with Crippen LogP contribution in [0.15, 0.2) is 30.6 Å². The Kier molecular flexibility index (Phi) is 8.22. The lowest BCUT2D eigenvalue weighted by atomic mass is 10.1. The molecule has 0 aliphatic rings. The molecule has 4 heteroatoms. The molecule has 0 amide bonds. The summed E-state index contributed by atoms with van der Waals surface area (Å²) in [5.41, 5.74) is 1.01. The lowest BCUT2D eigenvalue weighted by molar-refractivity contribution is 0.270. The number of nitrogens with zero attached hydrogens (tertiary/aromatic N) is 1. The number of hydrogen-bond acceptors (Lipinski definition) is 3. The van der Waals surface area contributed by atoms with Crippen molar-refractivity contribution in [3.05, 3.63) is 30.6 Å². The molecule has 0 spiro atoms. The first-order valence-corrected chi connectivity index (χ1v) is 9.24. The molecule has 0 bridgehead atoms. The van der Waals surface area contributed by atoms with Crippen LogP contribution in [0.4, 0.5) is 0 Å². The third-order valence-corrected chi connectivity index (χ3v) is 4.02. The van der Waals surface area contributed by atoms with E-state index in [1.54, 1.807) is 6.20 Å². The van der Waals surface area contributed by atoms with E-state index in [1.165, 1.54) is 38.5 Å². The maximum absolute atomic E-state index is 5.93. The molecule has 0 saturated heterocycles. The maximum atomic E-state index is 5.93. The van der Waals surface area contributed by atoms with Gasteiger partial charge in [-0.05, 0) is 31.5 Å². The van der Waals surface area contributed by atoms with E-state index in [0.29, 0.717) is 6.61 Å². The van der Waals surface area contributed by atoms with Crippen LogP contribution >= 0.6 is 0 Å². The first kappa shape index (κ1) is 18.4. The number of aromatic amines is 1. The van der Waals surface area contributed by atoms with Crippen LogP contribution in [0, 0.1) is 0 Å². The molecule has 1 aromatic carbocycles. The maximum Gasteiger partial charge on any atom is 0.161 e. The van der Waals surface area contributed by atoms with Crippen molar-refractivity contribution < 1.29 is 9.47 Å². The third-order valence-electron chi connectivity index (χ3n) is 4.02. The van der Waals surface area contributed by atoms with Gasteiger partial charge in [-0.1, -0.05) is 45.4 Å². The highest BCUT2D eigenvalue weighted by Gasteiger charge is 2.09. The van der Waals surface area contributed by atoms with Gasteiger partial charge in [0.05, 0.1) is 13.2 Å². The van der Waals surface area contributed by atoms with Gasteiger partial charge in [-0.15, -0.1) is 0 Å². The number of rotatable bonds is 12. The van der Waals surface area contributed by atoms with Crippen molar-refractivity contribution in [2.24, 2.45) is 0 Å². The molecule has 1 heterocycles. The van der Waals surface area contributed by atoms with Crippen LogP contribution in [0.3, 0.4) is 0 Å². The van der Waals surface area contributed by atoms with Gasteiger partial charge >= 0.3 is 0 Å². The highest BCUT2D eigenvalue weighted by molar-refractivity contribution is 5.61. The Bertz CT molecular complexity index is 567. The van der Waals surface area contributed by atoms with Crippen molar-refractivity contribution in [2.45, 2.75) is 58.8 Å². The minimum absolute atomic E-state index is 0.620. The third kappa shape index (κ3) is 5.91. The van der Waals surface area contributed by atoms with E-state index in [-0.39, 0.29) is 0 Å². The van der Waals surface area contributed by atoms with Gasteiger partial charge in [-0.2, -0.15) is 0 Å². The Labute approximate surface area is 145 Å². The summed E-state index contributed by atoms with van der Waals surface area (Å²) in [7, 11) is 0. The molecule has 1 aromatic heterocycles. The van der Waals surface area contributed by atoms with Gasteiger partial charge in [-0.25, -0.2) is 4.98 Å². The fourth-order valence-electron chi connectivity index (χ4n) is 2.71. The molecule has 0 saturated carbocycles. The first-order chi connectivity index (χ1) is 11.8. The predicted molar refractivity (Wildman–Crippen MR) is 98.7 cm³/mol. The van der Waals surface area contributed by atoms with Crippen LogP contribution in [-0.2, 0) is 0 Å². The summed E-state index contributed by atoms with van der Waals surface area (Å²) >= 11 is 0. The summed E-state index contributed by atoms with van der Waals surface area (Å²) in [6.07, 6.45) is 12.6. The monoisotopic (exact) mass is 330 g/mol. The van der Waals surface area contributed by atoms with Crippen molar-refractivity contribution in [1.29, 1.82) is 0 Å². The summed E-state index contributed by atoms with van der Waals surface area (Å²) < 4.78 is 11.7. The number of unbranched alkanes of at least 4 members (excludes halogenated alkanes) is 6. The average Bonchev–Trinajstić information content (AvgIpc) is 3.13. The molecule has 2 rings (SSSR count). The minimum atomic E-state index is 0.620. The van der Waals surface area contributed by atoms with Gasteiger partial charge in [-0.3, -0.25) is 0 Å². The summed E-state index contributed by atoms with van der Waals surface area (Å²) in [5, 5.41) is 0. The second-order valence-corrected chi connectivity index (χ2v) is 6.00. The van der Waals surface area contributed by atoms with Crippen LogP contribution in [0.2, 0.25) is 0 Å². The van der Waals surface area contributed by atoms with Crippen LogP contribution in [-0.4, -0.2) is 23.2 Å². The Balaban J connectivity index is 1.81. The Morgan fingerprint density at radius 2 is 1.71 bits per heavy atom. The standard InChI is InChI=1S/C20H30N2O2/c1-3-5-6-7-8-9-10-15-24-18-12-11-17(16-19(18)23-4-2)20-21-13-14-22-20/h11-14,16H,3-10,15H2,1-2H3,(H,21,22). The second kappa shape index (κ2) is 10.7. The largest absolute Gasteiger partial charge is 0.490 e. The molecule has 0 aliphatic carbocycles. The molecule has 0 fully saturated rings. The van der Waals surface area contributed by atoms with Gasteiger partial charge in [0.15, 0.2) is 11.5 Å². The molecule has 0 atom stereocenters. The highest BCUT2D eigenvalue weighted by Crippen LogP contribution is 2.31. The second-order valence-electron chi connectivity index (χ2n) is 6.00. The number of H-pyrrole nitrogens is 1. The highest BCUT2D eigenvalue weighted by atomic mass is 16.5. The van der Waals surface area contributed by atoms with Crippen molar-refractivity contribution in [2.75, 3.05) is 13.2 Å². The smallest absolute Gasteiger partial charge is 0.161 e. The molecule has 0 aliphatic heterocycles. The van der Waals surface area contributed by atoms with E-state index >= 15 is 0 Å². The van der Waals surface area contributed by atoms with Gasteiger partial charge in [0.2, 0.25) is 0 Å². The van der Waals surface area contributed by atoms with Crippen molar-refractivity contribution in [1.82, 2.24) is 9.97 Å². The van der Waals surface area contributed by atoms with E-state index in [9.17, 15) is 0 Å². The van der Waals surface area contributed by atoms with Gasteiger partial charge in [0.25, 0.3) is 0 Å². The SMILES string of the molecule is CCCCCCCCCOc1ccc(-c2ncc[nH]2)cc1OCC. The van der Waals surface area contributed by atoms with Gasteiger partial charge < -0.3 is 14.5 Å². The van der Waals surface area contributed by atoms with Crippen molar-refractivity contribution in [3.63, 3.8) is 0 Å². The van der Waals surface area contributed by atoms with Gasteiger partial charge in [0, 0.05) is 18.0 Å². The average molecular weight is 330 g/mol. The lowest BCUT2D eigenvalue weighted by Gasteiger charge is -2.13. The molecule has 1 N–H and O–H groups in total. The Hall–Kier alpha value is -1.97. The fourth-order valence-corrected chi connectivity index (χ4v) is 2.71. The Morgan fingerprint density at radius 1 is 0.917 bits per heavy atom. The van der Waals surface area contributed by atoms with Crippen LogP contribution < -0.4 is 9.47 Å². The van der Waals surface area contributed by atoms with E-state index in [2.05, 4.69) is 16.9 Å². The van der Waals surface area contributed by atoms with E-state index in [4.69, 9.17) is 9.47 Å². The molecule has 24 heavy (non-hydrogen) atoms. The number of nitrogens with one attached hydrogen (secondary N) is 1. The summed E-state index contributed by atoms with van der Waals surface area (Å²) in [6, 6.07) is 5.98. The summed E-state index contributed by atoms with van der Waals surface area (Å²) in [4.78, 5) is 7.40. The topological polar surface area (TPSA) is 47.1 Å². The van der Waals surface area contributed by atoms with Crippen LogP contribution in [0.25, 0.3) is 11.4 Å². The number of ether oxygens (including phenoxy) is 2. The quantitative estimate of drug-likeness (QED) is 0.515. The summed E-state index contributed by atoms with van der Waals surface area (Å²) in [5.74, 6) is 2.45. The molecular formula is C20H30N2O2. The zero-order chi connectivity index (χ0) is 17.0. The molecule has 4 nitrogen and oxygen atoms in total. The fraction of sp³-hybridized carbons (Fsp3) is 0.550. The number of imidazole rings is 1. The number of aromatic nitrogens is 2. The first-order valence-electron chi connectivity index (χ1n) is 9.24. The zero-order valence-corrected chi connectivity index (χ0v) is 15.0. The van der Waals surface area contributed by atoms with Crippen LogP contribution in [0.1, 0.15) is 58.8 Å². The van der Waals surface area contributed by atoms with E-state index in [0.717, 1.165) is 35.9 Å². The summed E-state index contributed by atoms with van der Waals surface area (Å²) in [6.45, 7) is 5.60. The predicted octanol–water partition coefficient (Wildman–Crippen LogP) is 5.60. The molecule has 2 aromatic rings. The molecular weight excluding hydrogens is 300 g/mol. The van der Waals surface area contributed by atoms with E-state index in [1.807, 2.05) is 31.3 Å².